The summed E-state index contributed by atoms with van der Waals surface area (Å²) in [6, 6.07) is -0.259. The number of rotatable bonds is 7. The van der Waals surface area contributed by atoms with Gasteiger partial charge in [0.1, 0.15) is 5.70 Å². The fourth-order valence-electron chi connectivity index (χ4n) is 3.84. The molecule has 1 saturated heterocycles. The number of carboxylic acids is 1. The molecule has 1 fully saturated rings. The summed E-state index contributed by atoms with van der Waals surface area (Å²) < 4.78 is 5.03. The minimum Gasteiger partial charge on any atom is -0.477 e. The quantitative estimate of drug-likeness (QED) is 0.552. The summed E-state index contributed by atoms with van der Waals surface area (Å²) in [4.78, 5) is 29.7. The van der Waals surface area contributed by atoms with Gasteiger partial charge in [0.25, 0.3) is 0 Å². The first-order chi connectivity index (χ1) is 11.4. The molecule has 0 spiro atoms. The average molecular weight is 337 g/mol. The van der Waals surface area contributed by atoms with E-state index in [2.05, 4.69) is 10.3 Å². The number of aliphatic carboxylic acids is 1. The monoisotopic (exact) mass is 337 g/mol. The van der Waals surface area contributed by atoms with Crippen LogP contribution in [-0.2, 0) is 14.3 Å². The molecule has 0 aliphatic carbocycles. The average Bonchev–Trinajstić information content (AvgIpc) is 3.07. The number of hydrogen-bond donors (Lipinski definition) is 3. The van der Waals surface area contributed by atoms with Crippen LogP contribution in [0.4, 0.5) is 0 Å². The molecule has 8 heteroatoms. The number of hydrogen-bond acceptors (Lipinski definition) is 6. The Bertz CT molecular complexity index is 613. The van der Waals surface area contributed by atoms with Crippen molar-refractivity contribution in [3.05, 3.63) is 11.3 Å². The van der Waals surface area contributed by atoms with Gasteiger partial charge in [-0.3, -0.25) is 9.79 Å². The van der Waals surface area contributed by atoms with E-state index in [9.17, 15) is 19.8 Å². The molecule has 1 amide bonds. The van der Waals surface area contributed by atoms with Gasteiger partial charge in [-0.25, -0.2) is 4.79 Å². The normalized spacial score (nSPS) is 30.0. The molecular formula is C16H23N3O5. The van der Waals surface area contributed by atoms with Crippen LogP contribution < -0.4 is 5.32 Å². The molecule has 0 radical (unpaired) electrons. The van der Waals surface area contributed by atoms with Crippen molar-refractivity contribution < 1.29 is 24.5 Å². The molecule has 3 heterocycles. The number of ether oxygens (including phenoxy) is 1. The van der Waals surface area contributed by atoms with E-state index in [-0.39, 0.29) is 23.7 Å². The maximum absolute atomic E-state index is 12.2. The first-order valence-electron chi connectivity index (χ1n) is 8.20. The highest BCUT2D eigenvalue weighted by atomic mass is 16.5. The Labute approximate surface area is 140 Å². The number of aliphatic hydroxyl groups excluding tert-OH is 1. The zero-order valence-electron chi connectivity index (χ0n) is 13.9. The van der Waals surface area contributed by atoms with E-state index in [1.165, 1.54) is 4.90 Å². The lowest BCUT2D eigenvalue weighted by molar-refractivity contribution is -0.161. The predicted octanol–water partition coefficient (Wildman–Crippen LogP) is -0.266. The van der Waals surface area contributed by atoms with Gasteiger partial charge in [-0.15, -0.1) is 0 Å². The Morgan fingerprint density at radius 2 is 2.29 bits per heavy atom. The van der Waals surface area contributed by atoms with Crippen molar-refractivity contribution in [3.63, 3.8) is 0 Å². The van der Waals surface area contributed by atoms with Gasteiger partial charge >= 0.3 is 5.97 Å². The fourth-order valence-corrected chi connectivity index (χ4v) is 3.84. The summed E-state index contributed by atoms with van der Waals surface area (Å²) in [5.41, 5.74) is 0.829. The van der Waals surface area contributed by atoms with E-state index in [0.29, 0.717) is 32.4 Å². The van der Waals surface area contributed by atoms with Gasteiger partial charge in [0.2, 0.25) is 5.91 Å². The number of aliphatic imine (C=N–C) groups is 1. The molecule has 4 atom stereocenters. The molecular weight excluding hydrogens is 314 g/mol. The molecule has 0 aromatic rings. The minimum atomic E-state index is -1.08. The molecule has 3 rings (SSSR count). The van der Waals surface area contributed by atoms with Crippen molar-refractivity contribution in [2.45, 2.75) is 44.4 Å². The van der Waals surface area contributed by atoms with Gasteiger partial charge < -0.3 is 25.2 Å². The topological polar surface area (TPSA) is 111 Å². The van der Waals surface area contributed by atoms with E-state index < -0.39 is 18.0 Å². The van der Waals surface area contributed by atoms with Crippen molar-refractivity contribution >= 4 is 17.7 Å². The van der Waals surface area contributed by atoms with Gasteiger partial charge in [0.05, 0.1) is 36.5 Å². The smallest absolute Gasteiger partial charge is 0.352 e. The van der Waals surface area contributed by atoms with Crippen molar-refractivity contribution in [3.8, 4) is 0 Å². The maximum atomic E-state index is 12.2. The first-order valence-corrected chi connectivity index (χ1v) is 8.20. The van der Waals surface area contributed by atoms with Crippen molar-refractivity contribution in [2.24, 2.45) is 10.9 Å². The SMILES string of the molecule is COCCC1=N[C@H](CC2=C(C(=O)O)N3C(=O)[C@H]([C@@H](C)O)[C@H]3C2)CN1. The standard InChI is InChI=1S/C16H23N3O5/c1-8(20)13-11-6-9(14(16(22)23)19(11)15(13)21)5-10-7-17-12(18-10)3-4-24-2/h8,10-11,13,20H,3-7H2,1-2H3,(H,17,18)(H,22,23)/t8-,10-,11-,13-/m1/s1. The van der Waals surface area contributed by atoms with Crippen molar-refractivity contribution in [1.82, 2.24) is 10.2 Å². The van der Waals surface area contributed by atoms with Crippen molar-refractivity contribution in [2.75, 3.05) is 20.3 Å². The van der Waals surface area contributed by atoms with Gasteiger partial charge in [0.15, 0.2) is 0 Å². The molecule has 3 aliphatic heterocycles. The third-order valence-electron chi connectivity index (χ3n) is 4.93. The van der Waals surface area contributed by atoms with Crippen molar-refractivity contribution in [1.29, 1.82) is 0 Å². The number of aliphatic hydroxyl groups is 1. The predicted molar refractivity (Wildman–Crippen MR) is 85.4 cm³/mol. The number of nitrogens with zero attached hydrogens (tertiary/aromatic N) is 2. The molecule has 24 heavy (non-hydrogen) atoms. The molecule has 0 aromatic carbocycles. The second-order valence-corrected chi connectivity index (χ2v) is 6.56. The Hall–Kier alpha value is -1.93. The lowest BCUT2D eigenvalue weighted by Gasteiger charge is -2.44. The zero-order valence-corrected chi connectivity index (χ0v) is 13.9. The molecule has 0 saturated carbocycles. The van der Waals surface area contributed by atoms with E-state index in [4.69, 9.17) is 4.74 Å². The number of methoxy groups -OCH3 is 1. The van der Waals surface area contributed by atoms with Crippen LogP contribution >= 0.6 is 0 Å². The van der Waals surface area contributed by atoms with E-state index in [0.717, 1.165) is 11.4 Å². The maximum Gasteiger partial charge on any atom is 0.352 e. The molecule has 8 nitrogen and oxygen atoms in total. The highest BCUT2D eigenvalue weighted by molar-refractivity contribution is 5.99. The second kappa shape index (κ2) is 6.52. The highest BCUT2D eigenvalue weighted by Gasteiger charge is 2.56. The van der Waals surface area contributed by atoms with Crippen LogP contribution in [0, 0.1) is 5.92 Å². The van der Waals surface area contributed by atoms with Gasteiger partial charge in [-0.05, 0) is 25.3 Å². The zero-order chi connectivity index (χ0) is 17.4. The Morgan fingerprint density at radius 3 is 2.92 bits per heavy atom. The van der Waals surface area contributed by atoms with Crippen LogP contribution in [0.25, 0.3) is 0 Å². The van der Waals surface area contributed by atoms with Crippen LogP contribution in [-0.4, -0.2) is 71.3 Å². The number of carboxylic acid groups (broad SMARTS) is 1. The lowest BCUT2D eigenvalue weighted by Crippen LogP contribution is -2.61. The first kappa shape index (κ1) is 16.9. The Balaban J connectivity index is 1.72. The van der Waals surface area contributed by atoms with Gasteiger partial charge in [0, 0.05) is 20.1 Å². The lowest BCUT2D eigenvalue weighted by atomic mass is 9.82. The van der Waals surface area contributed by atoms with Crippen LogP contribution in [0.2, 0.25) is 0 Å². The number of amides is 1. The molecule has 0 aromatic heterocycles. The third kappa shape index (κ3) is 2.80. The number of fused-ring (bicyclic) bond motifs is 1. The van der Waals surface area contributed by atoms with E-state index in [1.807, 2.05) is 0 Å². The summed E-state index contributed by atoms with van der Waals surface area (Å²) in [6.07, 6.45) is 0.954. The molecule has 3 aliphatic rings. The minimum absolute atomic E-state index is 0.0278. The Morgan fingerprint density at radius 1 is 1.54 bits per heavy atom. The highest BCUT2D eigenvalue weighted by Crippen LogP contribution is 2.45. The number of amidine groups is 1. The van der Waals surface area contributed by atoms with Gasteiger partial charge in [-0.1, -0.05) is 0 Å². The number of carbonyl (C=O) groups is 2. The fraction of sp³-hybridized carbons (Fsp3) is 0.688. The largest absolute Gasteiger partial charge is 0.477 e. The van der Waals surface area contributed by atoms with E-state index in [1.54, 1.807) is 14.0 Å². The van der Waals surface area contributed by atoms with Gasteiger partial charge in [-0.2, -0.15) is 0 Å². The van der Waals surface area contributed by atoms with Crippen LogP contribution in [0.5, 0.6) is 0 Å². The summed E-state index contributed by atoms with van der Waals surface area (Å²) in [7, 11) is 1.63. The van der Waals surface area contributed by atoms with Crippen LogP contribution in [0.15, 0.2) is 16.3 Å². The van der Waals surface area contributed by atoms with Crippen LogP contribution in [0.1, 0.15) is 26.2 Å². The number of β-lactam (4-membered cyclic amide) rings is 1. The summed E-state index contributed by atoms with van der Waals surface area (Å²) in [5.74, 6) is -1.01. The molecule has 132 valence electrons. The summed E-state index contributed by atoms with van der Waals surface area (Å²) in [5, 5.41) is 22.5. The second-order valence-electron chi connectivity index (χ2n) is 6.56. The number of nitrogens with one attached hydrogen (secondary N) is 1. The molecule has 0 bridgehead atoms. The third-order valence-corrected chi connectivity index (χ3v) is 4.93. The van der Waals surface area contributed by atoms with Crippen LogP contribution in [0.3, 0.4) is 0 Å². The Kier molecular flexibility index (Phi) is 4.60. The molecule has 0 unspecified atom stereocenters. The summed E-state index contributed by atoms with van der Waals surface area (Å²) in [6.45, 7) is 2.82. The number of carbonyl (C=O) groups excluding carboxylic acids is 1. The van der Waals surface area contributed by atoms with E-state index >= 15 is 0 Å². The summed E-state index contributed by atoms with van der Waals surface area (Å²) >= 11 is 0. The molecule has 3 N–H and O–H groups in total.